The van der Waals surface area contributed by atoms with Crippen molar-refractivity contribution in [1.29, 1.82) is 0 Å². The van der Waals surface area contributed by atoms with Crippen LogP contribution in [0.15, 0.2) is 11.7 Å². The fourth-order valence-corrected chi connectivity index (χ4v) is 4.50. The predicted molar refractivity (Wildman–Crippen MR) is 76.7 cm³/mol. The molecule has 2 unspecified atom stereocenters. The van der Waals surface area contributed by atoms with Gasteiger partial charge in [-0.25, -0.2) is 0 Å². The molecule has 0 bridgehead atoms. The molecule has 0 amide bonds. The second-order valence-corrected chi connectivity index (χ2v) is 6.81. The second-order valence-electron chi connectivity index (χ2n) is 5.89. The lowest BCUT2D eigenvalue weighted by Gasteiger charge is -2.45. The van der Waals surface area contributed by atoms with Gasteiger partial charge in [0.25, 0.3) is 0 Å². The second kappa shape index (κ2) is 5.87. The van der Waals surface area contributed by atoms with Crippen LogP contribution in [0.5, 0.6) is 0 Å². The fourth-order valence-electron chi connectivity index (χ4n) is 3.72. The molecule has 1 aliphatic carbocycles. The third-order valence-electron chi connectivity index (χ3n) is 4.70. The summed E-state index contributed by atoms with van der Waals surface area (Å²) in [5.41, 5.74) is 5.04. The van der Waals surface area contributed by atoms with Crippen molar-refractivity contribution >= 4 is 11.3 Å². The Morgan fingerprint density at radius 2 is 2.26 bits per heavy atom. The lowest BCUT2D eigenvalue weighted by Crippen LogP contribution is -2.45. The van der Waals surface area contributed by atoms with E-state index in [0.717, 1.165) is 19.4 Å². The van der Waals surface area contributed by atoms with Crippen LogP contribution in [0, 0.1) is 5.92 Å². The summed E-state index contributed by atoms with van der Waals surface area (Å²) < 4.78 is 6.17. The van der Waals surface area contributed by atoms with E-state index in [1.54, 1.807) is 11.3 Å². The van der Waals surface area contributed by atoms with Crippen molar-refractivity contribution in [2.75, 3.05) is 6.61 Å². The number of nitrogens with zero attached hydrogens (tertiary/aromatic N) is 1. The van der Waals surface area contributed by atoms with Crippen LogP contribution >= 0.6 is 11.3 Å². The van der Waals surface area contributed by atoms with Gasteiger partial charge in [0.1, 0.15) is 0 Å². The Bertz CT molecular complexity index is 384. The van der Waals surface area contributed by atoms with Gasteiger partial charge in [0.05, 0.1) is 17.2 Å². The number of nitrogens with two attached hydrogens (primary N) is 1. The van der Waals surface area contributed by atoms with Crippen LogP contribution in [-0.2, 0) is 4.74 Å². The first kappa shape index (κ1) is 13.5. The maximum Gasteiger partial charge on any atom is 0.0794 e. The first-order chi connectivity index (χ1) is 9.33. The third kappa shape index (κ3) is 2.84. The van der Waals surface area contributed by atoms with Gasteiger partial charge in [-0.1, -0.05) is 19.3 Å². The molecule has 1 spiro atoms. The number of ether oxygens (including phenoxy) is 1. The zero-order chi connectivity index (χ0) is 13.1. The molecule has 1 saturated carbocycles. The largest absolute Gasteiger partial charge is 0.375 e. The Labute approximate surface area is 118 Å². The SMILES string of the molecule is NNC(c1cncs1)C1CCOC2(CCCCC2)C1. The highest BCUT2D eigenvalue weighted by molar-refractivity contribution is 7.09. The number of hydrogen-bond acceptors (Lipinski definition) is 5. The lowest BCUT2D eigenvalue weighted by atomic mass is 9.74. The van der Waals surface area contributed by atoms with Crippen LogP contribution in [0.4, 0.5) is 0 Å². The molecule has 2 heterocycles. The van der Waals surface area contributed by atoms with Crippen molar-refractivity contribution in [3.8, 4) is 0 Å². The minimum absolute atomic E-state index is 0.140. The maximum atomic E-state index is 6.17. The third-order valence-corrected chi connectivity index (χ3v) is 5.56. The molecule has 1 saturated heterocycles. The van der Waals surface area contributed by atoms with E-state index < -0.39 is 0 Å². The quantitative estimate of drug-likeness (QED) is 0.660. The van der Waals surface area contributed by atoms with Gasteiger partial charge in [-0.2, -0.15) is 0 Å². The molecule has 2 aliphatic rings. The van der Waals surface area contributed by atoms with Crippen LogP contribution in [0.1, 0.15) is 55.9 Å². The summed E-state index contributed by atoms with van der Waals surface area (Å²) in [5, 5.41) is 0. The summed E-state index contributed by atoms with van der Waals surface area (Å²) in [6.45, 7) is 0.877. The average molecular weight is 281 g/mol. The number of nitrogens with one attached hydrogen (secondary N) is 1. The van der Waals surface area contributed by atoms with Crippen molar-refractivity contribution in [2.24, 2.45) is 11.8 Å². The van der Waals surface area contributed by atoms with Gasteiger partial charge in [0.15, 0.2) is 0 Å². The number of rotatable bonds is 3. The van der Waals surface area contributed by atoms with E-state index in [0.29, 0.717) is 5.92 Å². The smallest absolute Gasteiger partial charge is 0.0794 e. The van der Waals surface area contributed by atoms with Gasteiger partial charge in [-0.15, -0.1) is 11.3 Å². The molecular weight excluding hydrogens is 258 g/mol. The summed E-state index contributed by atoms with van der Waals surface area (Å²) in [6, 6.07) is 0.232. The highest BCUT2D eigenvalue weighted by Gasteiger charge is 2.41. The molecule has 5 heteroatoms. The van der Waals surface area contributed by atoms with E-state index >= 15 is 0 Å². The van der Waals surface area contributed by atoms with E-state index in [1.165, 1.54) is 37.0 Å². The number of thiazole rings is 1. The van der Waals surface area contributed by atoms with Crippen LogP contribution in [0.2, 0.25) is 0 Å². The van der Waals surface area contributed by atoms with Gasteiger partial charge in [-0.05, 0) is 31.6 Å². The first-order valence-corrected chi connectivity index (χ1v) is 8.19. The Morgan fingerprint density at radius 3 is 2.95 bits per heavy atom. The molecule has 1 aromatic rings. The Balaban J connectivity index is 1.73. The molecule has 106 valence electrons. The molecule has 2 atom stereocenters. The van der Waals surface area contributed by atoms with Crippen LogP contribution < -0.4 is 11.3 Å². The topological polar surface area (TPSA) is 60.2 Å². The monoisotopic (exact) mass is 281 g/mol. The summed E-state index contributed by atoms with van der Waals surface area (Å²) in [6.07, 6.45) is 10.6. The number of hydrazine groups is 1. The Hall–Kier alpha value is -0.490. The van der Waals surface area contributed by atoms with E-state index in [2.05, 4.69) is 10.4 Å². The Kier molecular flexibility index (Phi) is 4.17. The molecule has 3 N–H and O–H groups in total. The molecule has 4 nitrogen and oxygen atoms in total. The molecule has 0 aromatic carbocycles. The van der Waals surface area contributed by atoms with Gasteiger partial charge >= 0.3 is 0 Å². The highest BCUT2D eigenvalue weighted by atomic mass is 32.1. The van der Waals surface area contributed by atoms with Crippen molar-refractivity contribution in [2.45, 2.75) is 56.6 Å². The van der Waals surface area contributed by atoms with Crippen LogP contribution in [0.3, 0.4) is 0 Å². The van der Waals surface area contributed by atoms with Crippen LogP contribution in [0.25, 0.3) is 0 Å². The molecule has 19 heavy (non-hydrogen) atoms. The highest BCUT2D eigenvalue weighted by Crippen LogP contribution is 2.44. The fraction of sp³-hybridized carbons (Fsp3) is 0.786. The average Bonchev–Trinajstić information content (AvgIpc) is 2.95. The van der Waals surface area contributed by atoms with Gasteiger partial charge in [0.2, 0.25) is 0 Å². The molecule has 1 aromatic heterocycles. The van der Waals surface area contributed by atoms with Crippen molar-refractivity contribution < 1.29 is 4.74 Å². The predicted octanol–water partition coefficient (Wildman–Crippen LogP) is 2.78. The maximum absolute atomic E-state index is 6.17. The molecular formula is C14H23N3OS. The minimum atomic E-state index is 0.140. The van der Waals surface area contributed by atoms with Gasteiger partial charge in [-0.3, -0.25) is 16.3 Å². The van der Waals surface area contributed by atoms with Crippen molar-refractivity contribution in [3.05, 3.63) is 16.6 Å². The standard InChI is InChI=1S/C14H23N3OS/c15-17-13(12-9-16-10-19-12)11-4-7-18-14(8-11)5-2-1-3-6-14/h9-11,13,17H,1-8,15H2. The summed E-state index contributed by atoms with van der Waals surface area (Å²) in [7, 11) is 0. The summed E-state index contributed by atoms with van der Waals surface area (Å²) >= 11 is 1.69. The normalized spacial score (nSPS) is 28.4. The van der Waals surface area contributed by atoms with E-state index in [9.17, 15) is 0 Å². The lowest BCUT2D eigenvalue weighted by molar-refractivity contribution is -0.122. The van der Waals surface area contributed by atoms with Crippen molar-refractivity contribution in [1.82, 2.24) is 10.4 Å². The molecule has 2 fully saturated rings. The van der Waals surface area contributed by atoms with E-state index in [-0.39, 0.29) is 11.6 Å². The van der Waals surface area contributed by atoms with E-state index in [1.807, 2.05) is 11.7 Å². The van der Waals surface area contributed by atoms with Crippen LogP contribution in [-0.4, -0.2) is 17.2 Å². The molecule has 3 rings (SSSR count). The minimum Gasteiger partial charge on any atom is -0.375 e. The van der Waals surface area contributed by atoms with Gasteiger partial charge in [0, 0.05) is 17.7 Å². The number of aromatic nitrogens is 1. The number of hydrogen-bond donors (Lipinski definition) is 2. The zero-order valence-electron chi connectivity index (χ0n) is 11.3. The van der Waals surface area contributed by atoms with Crippen molar-refractivity contribution in [3.63, 3.8) is 0 Å². The summed E-state index contributed by atoms with van der Waals surface area (Å²) in [4.78, 5) is 5.43. The Morgan fingerprint density at radius 1 is 1.42 bits per heavy atom. The first-order valence-electron chi connectivity index (χ1n) is 7.31. The van der Waals surface area contributed by atoms with E-state index in [4.69, 9.17) is 10.6 Å². The molecule has 1 aliphatic heterocycles. The molecule has 0 radical (unpaired) electrons. The zero-order valence-corrected chi connectivity index (χ0v) is 12.1. The van der Waals surface area contributed by atoms with Gasteiger partial charge < -0.3 is 4.74 Å². The summed E-state index contributed by atoms with van der Waals surface area (Å²) in [5.74, 6) is 6.37.